The maximum Gasteiger partial charge on any atom is 0.267 e. The van der Waals surface area contributed by atoms with Crippen LogP contribution in [-0.4, -0.2) is 35.5 Å². The van der Waals surface area contributed by atoms with Crippen molar-refractivity contribution in [1.82, 2.24) is 10.3 Å². The van der Waals surface area contributed by atoms with E-state index in [1.54, 1.807) is 19.3 Å². The second kappa shape index (κ2) is 9.75. The van der Waals surface area contributed by atoms with E-state index >= 15 is 0 Å². The first-order valence-electron chi connectivity index (χ1n) is 8.97. The lowest BCUT2D eigenvalue weighted by Gasteiger charge is -2.12. The minimum absolute atomic E-state index is 0.179. The number of carbonyl (C=O) groups excluding carboxylic acids is 2. The number of hydrogen-bond acceptors (Lipinski definition) is 5. The number of amidine groups is 1. The highest BCUT2D eigenvalue weighted by Crippen LogP contribution is 2.32. The van der Waals surface area contributed by atoms with Crippen LogP contribution in [0.2, 0.25) is 0 Å². The summed E-state index contributed by atoms with van der Waals surface area (Å²) in [6, 6.07) is 16.8. The van der Waals surface area contributed by atoms with Crippen molar-refractivity contribution in [1.29, 1.82) is 0 Å². The molecular formula is C22H21N3O3S. The predicted octanol–water partition coefficient (Wildman–Crippen LogP) is 3.43. The molecule has 2 amide bonds. The molecule has 29 heavy (non-hydrogen) atoms. The number of nitrogens with one attached hydrogen (secondary N) is 1. The van der Waals surface area contributed by atoms with Gasteiger partial charge in [0.05, 0.1) is 18.4 Å². The third-order valence-electron chi connectivity index (χ3n) is 4.10. The maximum atomic E-state index is 12.7. The van der Waals surface area contributed by atoms with Gasteiger partial charge < -0.3 is 4.74 Å². The van der Waals surface area contributed by atoms with Gasteiger partial charge >= 0.3 is 0 Å². The molecule has 0 atom stereocenters. The summed E-state index contributed by atoms with van der Waals surface area (Å²) in [5.74, 6) is 0.318. The number of methoxy groups -OCH3 is 1. The molecule has 1 fully saturated rings. The first kappa shape index (κ1) is 20.4. The lowest BCUT2D eigenvalue weighted by molar-refractivity contribution is -0.122. The summed E-state index contributed by atoms with van der Waals surface area (Å²) in [5.41, 5.74) is 4.30. The van der Waals surface area contributed by atoms with Crippen molar-refractivity contribution in [2.24, 2.45) is 5.10 Å². The summed E-state index contributed by atoms with van der Waals surface area (Å²) in [4.78, 5) is 26.9. The largest absolute Gasteiger partial charge is 0.497 e. The van der Waals surface area contributed by atoms with Crippen molar-refractivity contribution in [3.05, 3.63) is 83.3 Å². The van der Waals surface area contributed by atoms with Crippen molar-refractivity contribution in [2.45, 2.75) is 6.42 Å². The fourth-order valence-electron chi connectivity index (χ4n) is 2.66. The summed E-state index contributed by atoms with van der Waals surface area (Å²) < 4.78 is 5.15. The van der Waals surface area contributed by atoms with Crippen molar-refractivity contribution < 1.29 is 14.3 Å². The van der Waals surface area contributed by atoms with Crippen LogP contribution in [-0.2, 0) is 16.0 Å². The van der Waals surface area contributed by atoms with Gasteiger partial charge in [-0.05, 0) is 41.1 Å². The van der Waals surface area contributed by atoms with Crippen molar-refractivity contribution in [3.63, 3.8) is 0 Å². The summed E-state index contributed by atoms with van der Waals surface area (Å²) >= 11 is 1.21. The van der Waals surface area contributed by atoms with Crippen LogP contribution in [0.25, 0.3) is 6.08 Å². The number of ether oxygens (including phenoxy) is 1. The van der Waals surface area contributed by atoms with E-state index in [0.29, 0.717) is 16.6 Å². The SMILES string of the molecule is C=CCN1C(=O)C(=Cc2ccc(OC)cc2)SC1=NNC(=O)Cc1ccccc1. The summed E-state index contributed by atoms with van der Waals surface area (Å²) in [6.07, 6.45) is 3.62. The smallest absolute Gasteiger partial charge is 0.267 e. The molecule has 7 heteroatoms. The third-order valence-corrected chi connectivity index (χ3v) is 5.10. The summed E-state index contributed by atoms with van der Waals surface area (Å²) in [7, 11) is 1.60. The second-order valence-electron chi connectivity index (χ2n) is 6.18. The second-order valence-corrected chi connectivity index (χ2v) is 7.19. The molecule has 1 aliphatic heterocycles. The van der Waals surface area contributed by atoms with E-state index in [4.69, 9.17) is 4.74 Å². The molecule has 1 saturated heterocycles. The Balaban J connectivity index is 1.73. The van der Waals surface area contributed by atoms with Crippen molar-refractivity contribution >= 4 is 34.8 Å². The number of benzene rings is 2. The van der Waals surface area contributed by atoms with Crippen molar-refractivity contribution in [3.8, 4) is 5.75 Å². The molecular weight excluding hydrogens is 386 g/mol. The van der Waals surface area contributed by atoms with Crippen LogP contribution < -0.4 is 10.2 Å². The molecule has 6 nitrogen and oxygen atoms in total. The highest BCUT2D eigenvalue weighted by atomic mass is 32.2. The molecule has 0 unspecified atom stereocenters. The van der Waals surface area contributed by atoms with Gasteiger partial charge in [-0.25, -0.2) is 5.43 Å². The minimum Gasteiger partial charge on any atom is -0.497 e. The van der Waals surface area contributed by atoms with Crippen LogP contribution in [0.3, 0.4) is 0 Å². The molecule has 0 aromatic heterocycles. The Bertz CT molecular complexity index is 953. The van der Waals surface area contributed by atoms with E-state index in [0.717, 1.165) is 16.9 Å². The number of carbonyl (C=O) groups is 2. The van der Waals surface area contributed by atoms with Crippen LogP contribution in [0.1, 0.15) is 11.1 Å². The average molecular weight is 407 g/mol. The molecule has 0 spiro atoms. The molecule has 1 aliphatic rings. The lowest BCUT2D eigenvalue weighted by Crippen LogP contribution is -2.31. The maximum absolute atomic E-state index is 12.7. The van der Waals surface area contributed by atoms with Gasteiger partial charge in [-0.3, -0.25) is 14.5 Å². The van der Waals surface area contributed by atoms with E-state index in [9.17, 15) is 9.59 Å². The van der Waals surface area contributed by atoms with Crippen molar-refractivity contribution in [2.75, 3.05) is 13.7 Å². The Morgan fingerprint density at radius 2 is 1.93 bits per heavy atom. The molecule has 0 radical (unpaired) electrons. The molecule has 0 aliphatic carbocycles. The zero-order valence-corrected chi connectivity index (χ0v) is 16.8. The van der Waals surface area contributed by atoms with Gasteiger partial charge in [0, 0.05) is 6.54 Å². The molecule has 0 saturated carbocycles. The van der Waals surface area contributed by atoms with E-state index in [2.05, 4.69) is 17.1 Å². The van der Waals surface area contributed by atoms with E-state index < -0.39 is 0 Å². The normalized spacial score (nSPS) is 16.3. The molecule has 3 rings (SSSR count). The van der Waals surface area contributed by atoms with Crippen LogP contribution in [0.15, 0.2) is 77.3 Å². The topological polar surface area (TPSA) is 71.0 Å². The van der Waals surface area contributed by atoms with Gasteiger partial charge in [-0.1, -0.05) is 48.5 Å². The van der Waals surface area contributed by atoms with E-state index in [-0.39, 0.29) is 18.2 Å². The van der Waals surface area contributed by atoms with Crippen LogP contribution in [0, 0.1) is 0 Å². The fraction of sp³-hybridized carbons (Fsp3) is 0.136. The number of rotatable bonds is 7. The number of hydrogen-bond donors (Lipinski definition) is 1. The Kier molecular flexibility index (Phi) is 6.86. The third kappa shape index (κ3) is 5.36. The standard InChI is InChI=1S/C22H21N3O3S/c1-3-13-25-21(27)19(14-17-9-11-18(28-2)12-10-17)29-22(25)24-23-20(26)15-16-7-5-4-6-8-16/h3-12,14H,1,13,15H2,2H3,(H,23,26). The Hall–Kier alpha value is -3.32. The summed E-state index contributed by atoms with van der Waals surface area (Å²) in [6.45, 7) is 4.00. The lowest BCUT2D eigenvalue weighted by atomic mass is 10.1. The molecule has 148 valence electrons. The minimum atomic E-state index is -0.247. The van der Waals surface area contributed by atoms with Gasteiger partial charge in [0.2, 0.25) is 5.91 Å². The number of nitrogens with zero attached hydrogens (tertiary/aromatic N) is 2. The summed E-state index contributed by atoms with van der Waals surface area (Å²) in [5, 5.41) is 4.58. The van der Waals surface area contributed by atoms with Gasteiger partial charge in [-0.2, -0.15) is 0 Å². The van der Waals surface area contributed by atoms with Crippen LogP contribution >= 0.6 is 11.8 Å². The highest BCUT2D eigenvalue weighted by Gasteiger charge is 2.32. The molecule has 2 aromatic carbocycles. The van der Waals surface area contributed by atoms with E-state index in [1.807, 2.05) is 54.6 Å². The van der Waals surface area contributed by atoms with Gasteiger partial charge in [0.25, 0.3) is 5.91 Å². The van der Waals surface area contributed by atoms with Gasteiger partial charge in [-0.15, -0.1) is 11.7 Å². The first-order chi connectivity index (χ1) is 14.1. The monoisotopic (exact) mass is 407 g/mol. The van der Waals surface area contributed by atoms with Gasteiger partial charge in [0.15, 0.2) is 5.17 Å². The predicted molar refractivity (Wildman–Crippen MR) is 116 cm³/mol. The number of thioether (sulfide) groups is 1. The molecule has 2 aromatic rings. The Labute approximate surface area is 173 Å². The molecule has 0 bridgehead atoms. The Morgan fingerprint density at radius 1 is 1.21 bits per heavy atom. The molecule has 1 heterocycles. The van der Waals surface area contributed by atoms with Gasteiger partial charge in [0.1, 0.15) is 5.75 Å². The highest BCUT2D eigenvalue weighted by molar-refractivity contribution is 8.18. The quantitative estimate of drug-likeness (QED) is 0.434. The van der Waals surface area contributed by atoms with Crippen LogP contribution in [0.4, 0.5) is 0 Å². The van der Waals surface area contributed by atoms with Crippen LogP contribution in [0.5, 0.6) is 5.75 Å². The molecule has 1 N–H and O–H groups in total. The first-order valence-corrected chi connectivity index (χ1v) is 9.79. The fourth-order valence-corrected chi connectivity index (χ4v) is 3.61. The number of amides is 2. The zero-order chi connectivity index (χ0) is 20.6. The Morgan fingerprint density at radius 3 is 2.59 bits per heavy atom. The number of hydrazone groups is 1. The average Bonchev–Trinajstić information content (AvgIpc) is 3.03. The van der Waals surface area contributed by atoms with E-state index in [1.165, 1.54) is 16.7 Å². The zero-order valence-electron chi connectivity index (χ0n) is 16.0.